The molecule has 4 N–H and O–H groups in total. The maximum absolute atomic E-state index is 11.6. The lowest BCUT2D eigenvalue weighted by molar-refractivity contribution is 0.235. The van der Waals surface area contributed by atoms with Gasteiger partial charge in [-0.2, -0.15) is 0 Å². The summed E-state index contributed by atoms with van der Waals surface area (Å²) in [6.07, 6.45) is 0.785. The molecule has 0 amide bonds. The first-order chi connectivity index (χ1) is 13.0. The van der Waals surface area contributed by atoms with E-state index in [1.54, 1.807) is 19.2 Å². The number of aromatic amines is 1. The van der Waals surface area contributed by atoms with Crippen LogP contribution in [0.5, 0.6) is 11.5 Å². The van der Waals surface area contributed by atoms with Crippen molar-refractivity contribution in [3.05, 3.63) is 70.0 Å². The summed E-state index contributed by atoms with van der Waals surface area (Å²) in [5.74, 6) is 0.826. The second kappa shape index (κ2) is 8.24. The van der Waals surface area contributed by atoms with E-state index in [0.717, 1.165) is 23.3 Å². The van der Waals surface area contributed by atoms with Crippen LogP contribution in [0.2, 0.25) is 0 Å². The summed E-state index contributed by atoms with van der Waals surface area (Å²) >= 11 is 0. The molecule has 0 unspecified atom stereocenters. The molecule has 1 aromatic heterocycles. The Morgan fingerprint density at radius 2 is 1.85 bits per heavy atom. The maximum atomic E-state index is 11.6. The lowest BCUT2D eigenvalue weighted by Gasteiger charge is -2.23. The summed E-state index contributed by atoms with van der Waals surface area (Å²) in [5, 5.41) is 24.1. The van der Waals surface area contributed by atoms with E-state index < -0.39 is 0 Å². The van der Waals surface area contributed by atoms with Gasteiger partial charge in [-0.05, 0) is 48.7 Å². The lowest BCUT2D eigenvalue weighted by atomic mass is 9.99. The molecule has 1 heterocycles. The number of nitrogens with one attached hydrogen (secondary N) is 2. The fraction of sp³-hybridized carbons (Fsp3) is 0.286. The Balaban J connectivity index is 1.81. The normalized spacial score (nSPS) is 13.4. The Labute approximate surface area is 157 Å². The number of fused-ring (bicyclic) bond motifs is 1. The molecule has 0 fully saturated rings. The fourth-order valence-electron chi connectivity index (χ4n) is 3.32. The van der Waals surface area contributed by atoms with Gasteiger partial charge >= 0.3 is 0 Å². The molecule has 6 heteroatoms. The maximum Gasteiger partial charge on any atom is 0.248 e. The second-order valence-corrected chi connectivity index (χ2v) is 6.64. The molecule has 0 aliphatic carbocycles. The van der Waals surface area contributed by atoms with Crippen LogP contribution in [0.1, 0.15) is 24.1 Å². The summed E-state index contributed by atoms with van der Waals surface area (Å²) in [7, 11) is 1.64. The number of H-pyrrole nitrogens is 1. The SMILES string of the molecule is COc1ccc(C[C@@H](C)N[C@H](CO)c2ccc(O)c3[nH]c(=O)ccc23)cc1. The number of hydrogen-bond acceptors (Lipinski definition) is 5. The van der Waals surface area contributed by atoms with Gasteiger partial charge in [0.2, 0.25) is 5.56 Å². The molecule has 27 heavy (non-hydrogen) atoms. The monoisotopic (exact) mass is 368 g/mol. The van der Waals surface area contributed by atoms with E-state index in [1.807, 2.05) is 24.3 Å². The topological polar surface area (TPSA) is 94.6 Å². The first-order valence-corrected chi connectivity index (χ1v) is 8.86. The third-order valence-corrected chi connectivity index (χ3v) is 4.65. The average Bonchev–Trinajstić information content (AvgIpc) is 2.67. The molecule has 0 radical (unpaired) electrons. The van der Waals surface area contributed by atoms with E-state index >= 15 is 0 Å². The summed E-state index contributed by atoms with van der Waals surface area (Å²) < 4.78 is 5.18. The van der Waals surface area contributed by atoms with Crippen molar-refractivity contribution in [3.63, 3.8) is 0 Å². The Hall–Kier alpha value is -2.83. The molecule has 3 aromatic rings. The van der Waals surface area contributed by atoms with Gasteiger partial charge in [-0.15, -0.1) is 0 Å². The fourth-order valence-corrected chi connectivity index (χ4v) is 3.32. The van der Waals surface area contributed by atoms with Gasteiger partial charge in [0.15, 0.2) is 0 Å². The minimum absolute atomic E-state index is 0.00872. The number of phenolic OH excluding ortho intramolecular Hbond substituents is 1. The van der Waals surface area contributed by atoms with Crippen LogP contribution in [-0.2, 0) is 6.42 Å². The molecule has 3 rings (SSSR count). The standard InChI is InChI=1S/C21H24N2O4/c1-13(11-14-3-5-15(27-2)6-4-14)22-18(12-24)16-7-9-19(25)21-17(16)8-10-20(26)23-21/h3-10,13,18,22,24-25H,11-12H2,1-2H3,(H,23,26)/t13-,18-/m1/s1. The number of benzene rings is 2. The van der Waals surface area contributed by atoms with Crippen LogP contribution < -0.4 is 15.6 Å². The van der Waals surface area contributed by atoms with Gasteiger partial charge in [-0.3, -0.25) is 4.79 Å². The minimum atomic E-state index is -0.327. The van der Waals surface area contributed by atoms with Crippen molar-refractivity contribution in [1.82, 2.24) is 10.3 Å². The summed E-state index contributed by atoms with van der Waals surface area (Å²) in [6.45, 7) is 1.95. The van der Waals surface area contributed by atoms with Crippen LogP contribution in [0.3, 0.4) is 0 Å². The summed E-state index contributed by atoms with van der Waals surface area (Å²) in [5.41, 5.74) is 2.08. The summed E-state index contributed by atoms with van der Waals surface area (Å²) in [6, 6.07) is 14.1. The molecular formula is C21H24N2O4. The predicted molar refractivity (Wildman–Crippen MR) is 105 cm³/mol. The van der Waals surface area contributed by atoms with E-state index in [2.05, 4.69) is 17.2 Å². The van der Waals surface area contributed by atoms with E-state index in [0.29, 0.717) is 10.9 Å². The zero-order valence-corrected chi connectivity index (χ0v) is 15.4. The van der Waals surface area contributed by atoms with Crippen molar-refractivity contribution in [2.45, 2.75) is 25.4 Å². The molecule has 0 saturated carbocycles. The van der Waals surface area contributed by atoms with Gasteiger partial charge in [0, 0.05) is 17.5 Å². The van der Waals surface area contributed by atoms with Crippen LogP contribution in [0, 0.1) is 0 Å². The highest BCUT2D eigenvalue weighted by molar-refractivity contribution is 5.87. The number of aliphatic hydroxyl groups excluding tert-OH is 1. The molecule has 6 nitrogen and oxygen atoms in total. The number of aliphatic hydroxyl groups is 1. The van der Waals surface area contributed by atoms with Crippen molar-refractivity contribution in [2.75, 3.05) is 13.7 Å². The third-order valence-electron chi connectivity index (χ3n) is 4.65. The highest BCUT2D eigenvalue weighted by Gasteiger charge is 2.18. The predicted octanol–water partition coefficient (Wildman–Crippen LogP) is 2.50. The molecule has 0 aliphatic rings. The molecule has 142 valence electrons. The van der Waals surface area contributed by atoms with Crippen LogP contribution in [-0.4, -0.2) is 35.0 Å². The molecule has 0 bridgehead atoms. The summed E-state index contributed by atoms with van der Waals surface area (Å²) in [4.78, 5) is 14.2. The average molecular weight is 368 g/mol. The molecule has 2 aromatic carbocycles. The number of aromatic nitrogens is 1. The van der Waals surface area contributed by atoms with Crippen LogP contribution in [0.15, 0.2) is 53.3 Å². The minimum Gasteiger partial charge on any atom is -0.506 e. The number of methoxy groups -OCH3 is 1. The van der Waals surface area contributed by atoms with Gasteiger partial charge in [0.25, 0.3) is 0 Å². The number of ether oxygens (including phenoxy) is 1. The second-order valence-electron chi connectivity index (χ2n) is 6.64. The molecule has 0 spiro atoms. The Morgan fingerprint density at radius 1 is 1.11 bits per heavy atom. The van der Waals surface area contributed by atoms with Crippen molar-refractivity contribution in [3.8, 4) is 11.5 Å². The largest absolute Gasteiger partial charge is 0.506 e. The van der Waals surface area contributed by atoms with Crippen molar-refractivity contribution in [2.24, 2.45) is 0 Å². The number of aromatic hydroxyl groups is 1. The third kappa shape index (κ3) is 4.30. The van der Waals surface area contributed by atoms with Gasteiger partial charge in [-0.1, -0.05) is 18.2 Å². The van der Waals surface area contributed by atoms with Crippen LogP contribution in [0.4, 0.5) is 0 Å². The Kier molecular flexibility index (Phi) is 5.78. The van der Waals surface area contributed by atoms with Gasteiger partial charge in [0.1, 0.15) is 11.5 Å². The van der Waals surface area contributed by atoms with Gasteiger partial charge in [0.05, 0.1) is 25.3 Å². The quantitative estimate of drug-likeness (QED) is 0.514. The zero-order chi connectivity index (χ0) is 19.4. The Morgan fingerprint density at radius 3 is 2.52 bits per heavy atom. The van der Waals surface area contributed by atoms with Gasteiger partial charge in [-0.25, -0.2) is 0 Å². The van der Waals surface area contributed by atoms with E-state index in [4.69, 9.17) is 4.74 Å². The first kappa shape index (κ1) is 18.9. The number of phenols is 1. The molecule has 0 aliphatic heterocycles. The lowest BCUT2D eigenvalue weighted by Crippen LogP contribution is -2.34. The van der Waals surface area contributed by atoms with Crippen molar-refractivity contribution < 1.29 is 14.9 Å². The molecule has 2 atom stereocenters. The molecule has 0 saturated heterocycles. The van der Waals surface area contributed by atoms with Crippen molar-refractivity contribution >= 4 is 10.9 Å². The molecular weight excluding hydrogens is 344 g/mol. The van der Waals surface area contributed by atoms with Crippen LogP contribution in [0.25, 0.3) is 10.9 Å². The highest BCUT2D eigenvalue weighted by atomic mass is 16.5. The van der Waals surface area contributed by atoms with Gasteiger partial charge < -0.3 is 25.3 Å². The highest BCUT2D eigenvalue weighted by Crippen LogP contribution is 2.29. The Bertz CT molecular complexity index is 966. The zero-order valence-electron chi connectivity index (χ0n) is 15.4. The number of hydrogen-bond donors (Lipinski definition) is 4. The van der Waals surface area contributed by atoms with E-state index in [9.17, 15) is 15.0 Å². The van der Waals surface area contributed by atoms with Crippen LogP contribution >= 0.6 is 0 Å². The smallest absolute Gasteiger partial charge is 0.248 e. The van der Waals surface area contributed by atoms with Crippen molar-refractivity contribution in [1.29, 1.82) is 0 Å². The van der Waals surface area contributed by atoms with E-state index in [1.165, 1.54) is 12.1 Å². The van der Waals surface area contributed by atoms with E-state index in [-0.39, 0.29) is 30.0 Å². The number of pyridine rings is 1. The number of rotatable bonds is 7. The first-order valence-electron chi connectivity index (χ1n) is 8.86.